The van der Waals surface area contributed by atoms with E-state index in [1.807, 2.05) is 18.7 Å². The molecule has 0 bridgehead atoms. The van der Waals surface area contributed by atoms with Crippen molar-refractivity contribution in [1.82, 2.24) is 15.0 Å². The van der Waals surface area contributed by atoms with Crippen LogP contribution in [0.2, 0.25) is 0 Å². The Hall–Kier alpha value is -1.96. The highest BCUT2D eigenvalue weighted by molar-refractivity contribution is 9.10. The summed E-state index contributed by atoms with van der Waals surface area (Å²) in [6.45, 7) is 5.37. The average molecular weight is 356 g/mol. The summed E-state index contributed by atoms with van der Waals surface area (Å²) in [6, 6.07) is 4.40. The number of halogens is 2. The Morgan fingerprint density at radius 2 is 1.95 bits per heavy atom. The van der Waals surface area contributed by atoms with Gasteiger partial charge < -0.3 is 15.4 Å². The first kappa shape index (κ1) is 15.4. The van der Waals surface area contributed by atoms with Gasteiger partial charge in [-0.15, -0.1) is 0 Å². The topological polar surface area (TPSA) is 77.2 Å². The summed E-state index contributed by atoms with van der Waals surface area (Å²) in [6.07, 6.45) is 0. The Balaban J connectivity index is 2.31. The zero-order valence-corrected chi connectivity index (χ0v) is 13.3. The van der Waals surface area contributed by atoms with E-state index >= 15 is 0 Å². The third-order valence-corrected chi connectivity index (χ3v) is 3.26. The minimum absolute atomic E-state index is 0.0225. The van der Waals surface area contributed by atoms with E-state index in [1.54, 1.807) is 6.07 Å². The van der Waals surface area contributed by atoms with Crippen molar-refractivity contribution in [1.29, 1.82) is 0 Å². The number of hydrogen-bond donors (Lipinski definition) is 1. The highest BCUT2D eigenvalue weighted by Crippen LogP contribution is 2.26. The van der Waals surface area contributed by atoms with Gasteiger partial charge in [-0.2, -0.15) is 15.0 Å². The van der Waals surface area contributed by atoms with E-state index in [4.69, 9.17) is 10.5 Å². The number of nitrogens with two attached hydrogens (primary N) is 1. The zero-order valence-electron chi connectivity index (χ0n) is 11.7. The maximum Gasteiger partial charge on any atom is 0.328 e. The highest BCUT2D eigenvalue weighted by Gasteiger charge is 2.13. The Bertz CT molecular complexity index is 636. The molecule has 112 valence electrons. The van der Waals surface area contributed by atoms with Crippen molar-refractivity contribution in [2.24, 2.45) is 0 Å². The van der Waals surface area contributed by atoms with E-state index in [0.717, 1.165) is 0 Å². The Morgan fingerprint density at radius 3 is 2.57 bits per heavy atom. The summed E-state index contributed by atoms with van der Waals surface area (Å²) >= 11 is 3.18. The van der Waals surface area contributed by atoms with Crippen molar-refractivity contribution in [3.05, 3.63) is 28.5 Å². The molecule has 0 radical (unpaired) electrons. The highest BCUT2D eigenvalue weighted by atomic mass is 79.9. The summed E-state index contributed by atoms with van der Waals surface area (Å²) in [5.41, 5.74) is 5.65. The number of ether oxygens (including phenoxy) is 1. The van der Waals surface area contributed by atoms with Gasteiger partial charge in [0.15, 0.2) is 11.6 Å². The molecule has 0 unspecified atom stereocenters. The fourth-order valence-corrected chi connectivity index (χ4v) is 2.04. The first-order chi connectivity index (χ1) is 10.0. The lowest BCUT2D eigenvalue weighted by Gasteiger charge is -2.18. The smallest absolute Gasteiger partial charge is 0.328 e. The summed E-state index contributed by atoms with van der Waals surface area (Å²) in [5, 5.41) is 0. The van der Waals surface area contributed by atoms with Gasteiger partial charge in [-0.3, -0.25) is 0 Å². The number of nitrogen functional groups attached to an aromatic ring is 1. The van der Waals surface area contributed by atoms with E-state index in [0.29, 0.717) is 23.5 Å². The first-order valence-corrected chi connectivity index (χ1v) is 7.22. The average Bonchev–Trinajstić information content (AvgIpc) is 2.43. The Morgan fingerprint density at radius 1 is 1.24 bits per heavy atom. The molecule has 0 saturated heterocycles. The standard InChI is InChI=1S/C13H15BrFN5O/c1-3-20(4-2)12-17-11(16)18-13(19-12)21-10-6-5-8(14)7-9(10)15/h5-7H,3-4H2,1-2H3,(H2,16,17,18,19). The van der Waals surface area contributed by atoms with Crippen LogP contribution in [0.15, 0.2) is 22.7 Å². The number of anilines is 2. The molecule has 1 aromatic carbocycles. The van der Waals surface area contributed by atoms with Crippen molar-refractivity contribution in [2.75, 3.05) is 23.7 Å². The van der Waals surface area contributed by atoms with Crippen LogP contribution in [0.1, 0.15) is 13.8 Å². The molecule has 2 N–H and O–H groups in total. The molecular weight excluding hydrogens is 341 g/mol. The predicted octanol–water partition coefficient (Wildman–Crippen LogP) is 2.99. The van der Waals surface area contributed by atoms with E-state index in [9.17, 15) is 4.39 Å². The van der Waals surface area contributed by atoms with Gasteiger partial charge in [0.1, 0.15) is 0 Å². The van der Waals surface area contributed by atoms with Crippen LogP contribution in [-0.2, 0) is 0 Å². The van der Waals surface area contributed by atoms with Crippen LogP contribution in [0.3, 0.4) is 0 Å². The summed E-state index contributed by atoms with van der Waals surface area (Å²) in [4.78, 5) is 14.0. The monoisotopic (exact) mass is 355 g/mol. The van der Waals surface area contributed by atoms with Crippen LogP contribution < -0.4 is 15.4 Å². The van der Waals surface area contributed by atoms with Gasteiger partial charge in [-0.1, -0.05) is 15.9 Å². The fourth-order valence-electron chi connectivity index (χ4n) is 1.71. The van der Waals surface area contributed by atoms with Crippen LogP contribution in [0.25, 0.3) is 0 Å². The van der Waals surface area contributed by atoms with Crippen LogP contribution >= 0.6 is 15.9 Å². The SMILES string of the molecule is CCN(CC)c1nc(N)nc(Oc2ccc(Br)cc2F)n1. The summed E-state index contributed by atoms with van der Waals surface area (Å²) in [5.74, 6) is -0.0681. The van der Waals surface area contributed by atoms with Crippen molar-refractivity contribution < 1.29 is 9.13 Å². The largest absolute Gasteiger partial charge is 0.421 e. The molecular formula is C13H15BrFN5O. The molecule has 0 fully saturated rings. The Kier molecular flexibility index (Phi) is 4.89. The number of benzene rings is 1. The van der Waals surface area contributed by atoms with Crippen molar-refractivity contribution in [3.63, 3.8) is 0 Å². The molecule has 2 rings (SSSR count). The van der Waals surface area contributed by atoms with Gasteiger partial charge in [0, 0.05) is 17.6 Å². The van der Waals surface area contributed by atoms with Gasteiger partial charge in [-0.05, 0) is 32.0 Å². The van der Waals surface area contributed by atoms with Crippen LogP contribution in [0.5, 0.6) is 11.8 Å². The molecule has 1 aromatic heterocycles. The summed E-state index contributed by atoms with van der Waals surface area (Å²) < 4.78 is 19.7. The van der Waals surface area contributed by atoms with Crippen molar-refractivity contribution in [3.8, 4) is 11.8 Å². The van der Waals surface area contributed by atoms with Gasteiger partial charge in [0.05, 0.1) is 0 Å². The van der Waals surface area contributed by atoms with E-state index in [2.05, 4.69) is 30.9 Å². The molecule has 2 aromatic rings. The van der Waals surface area contributed by atoms with E-state index in [1.165, 1.54) is 12.1 Å². The van der Waals surface area contributed by atoms with Gasteiger partial charge in [-0.25, -0.2) is 4.39 Å². The second kappa shape index (κ2) is 6.66. The molecule has 0 saturated carbocycles. The van der Waals surface area contributed by atoms with Crippen LogP contribution in [0.4, 0.5) is 16.3 Å². The number of nitrogens with zero attached hydrogens (tertiary/aromatic N) is 4. The maximum absolute atomic E-state index is 13.8. The number of aromatic nitrogens is 3. The normalized spacial score (nSPS) is 10.5. The van der Waals surface area contributed by atoms with Gasteiger partial charge in [0.25, 0.3) is 0 Å². The number of hydrogen-bond acceptors (Lipinski definition) is 6. The van der Waals surface area contributed by atoms with Crippen molar-refractivity contribution in [2.45, 2.75) is 13.8 Å². The second-order valence-corrected chi connectivity index (χ2v) is 5.04. The number of rotatable bonds is 5. The molecule has 1 heterocycles. The summed E-state index contributed by atoms with van der Waals surface area (Å²) in [7, 11) is 0. The molecule has 8 heteroatoms. The quantitative estimate of drug-likeness (QED) is 0.888. The third kappa shape index (κ3) is 3.78. The maximum atomic E-state index is 13.8. The zero-order chi connectivity index (χ0) is 15.4. The molecule has 21 heavy (non-hydrogen) atoms. The fraction of sp³-hybridized carbons (Fsp3) is 0.308. The predicted molar refractivity (Wildman–Crippen MR) is 82.0 cm³/mol. The lowest BCUT2D eigenvalue weighted by atomic mass is 10.3. The van der Waals surface area contributed by atoms with E-state index < -0.39 is 5.82 Å². The first-order valence-electron chi connectivity index (χ1n) is 6.42. The molecule has 0 amide bonds. The molecule has 0 atom stereocenters. The lowest BCUT2D eigenvalue weighted by Crippen LogP contribution is -2.25. The van der Waals surface area contributed by atoms with Gasteiger partial charge in [0.2, 0.25) is 11.9 Å². The minimum Gasteiger partial charge on any atom is -0.421 e. The molecule has 6 nitrogen and oxygen atoms in total. The molecule has 0 aliphatic rings. The van der Waals surface area contributed by atoms with Crippen LogP contribution in [0, 0.1) is 5.82 Å². The Labute approximate surface area is 130 Å². The lowest BCUT2D eigenvalue weighted by molar-refractivity contribution is 0.410. The minimum atomic E-state index is -0.521. The third-order valence-electron chi connectivity index (χ3n) is 2.76. The van der Waals surface area contributed by atoms with Gasteiger partial charge >= 0.3 is 6.01 Å². The van der Waals surface area contributed by atoms with E-state index in [-0.39, 0.29) is 17.7 Å². The molecule has 0 aliphatic heterocycles. The molecule has 0 aliphatic carbocycles. The second-order valence-electron chi connectivity index (χ2n) is 4.13. The molecule has 0 spiro atoms. The van der Waals surface area contributed by atoms with Crippen LogP contribution in [-0.4, -0.2) is 28.0 Å². The van der Waals surface area contributed by atoms with Crippen molar-refractivity contribution >= 4 is 27.8 Å².